The van der Waals surface area contributed by atoms with Crippen molar-refractivity contribution in [1.82, 2.24) is 20.2 Å². The van der Waals surface area contributed by atoms with Gasteiger partial charge in [-0.1, -0.05) is 6.92 Å². The minimum absolute atomic E-state index is 0.00407. The second-order valence-corrected chi connectivity index (χ2v) is 9.11. The van der Waals surface area contributed by atoms with Crippen LogP contribution in [0.3, 0.4) is 0 Å². The molecule has 1 N–H and O–H groups in total. The van der Waals surface area contributed by atoms with Crippen LogP contribution in [0.1, 0.15) is 40.0 Å². The summed E-state index contributed by atoms with van der Waals surface area (Å²) in [5.41, 5.74) is 3.33. The van der Waals surface area contributed by atoms with Crippen molar-refractivity contribution in [2.45, 2.75) is 26.7 Å². The average molecular weight is 472 g/mol. The van der Waals surface area contributed by atoms with E-state index in [1.54, 1.807) is 6.20 Å². The second-order valence-electron chi connectivity index (χ2n) is 8.20. The number of rotatable bonds is 3. The maximum atomic E-state index is 13.1. The molecule has 8 heteroatoms. The van der Waals surface area contributed by atoms with E-state index >= 15 is 0 Å². The van der Waals surface area contributed by atoms with E-state index in [1.165, 1.54) is 0 Å². The maximum absolute atomic E-state index is 13.1. The molecule has 2 atom stereocenters. The van der Waals surface area contributed by atoms with Gasteiger partial charge in [-0.25, -0.2) is 4.98 Å². The van der Waals surface area contributed by atoms with Gasteiger partial charge in [-0.2, -0.15) is 0 Å². The number of aryl methyl sites for hydroxylation is 2. The van der Waals surface area contributed by atoms with Crippen molar-refractivity contribution in [3.63, 3.8) is 0 Å². The molecule has 2 aromatic heterocycles. The highest BCUT2D eigenvalue weighted by Crippen LogP contribution is 2.29. The molecule has 4 heterocycles. The molecule has 30 heavy (non-hydrogen) atoms. The lowest BCUT2D eigenvalue weighted by Crippen LogP contribution is -2.49. The fraction of sp³-hybridized carbons (Fsp3) is 0.455. The molecule has 2 saturated heterocycles. The Kier molecular flexibility index (Phi) is 5.77. The molecule has 4 rings (SSSR count). The number of amides is 2. The molecule has 2 amide bonds. The minimum atomic E-state index is -0.238. The van der Waals surface area contributed by atoms with Gasteiger partial charge in [0.05, 0.1) is 17.2 Å². The van der Waals surface area contributed by atoms with Crippen LogP contribution in [0.2, 0.25) is 0 Å². The van der Waals surface area contributed by atoms with E-state index in [4.69, 9.17) is 0 Å². The summed E-state index contributed by atoms with van der Waals surface area (Å²) in [6, 6.07) is 3.95. The zero-order valence-electron chi connectivity index (χ0n) is 17.5. The molecule has 0 spiro atoms. The molecule has 1 unspecified atom stereocenters. The van der Waals surface area contributed by atoms with Crippen molar-refractivity contribution in [2.75, 3.05) is 37.6 Å². The number of piperazine rings is 1. The first-order valence-electron chi connectivity index (χ1n) is 10.3. The number of aromatic nitrogens is 2. The van der Waals surface area contributed by atoms with Crippen molar-refractivity contribution < 1.29 is 9.59 Å². The van der Waals surface area contributed by atoms with Crippen molar-refractivity contribution in [3.8, 4) is 0 Å². The molecule has 2 aliphatic rings. The summed E-state index contributed by atoms with van der Waals surface area (Å²) in [5.74, 6) is 0.946. The lowest BCUT2D eigenvalue weighted by atomic mass is 9.92. The van der Waals surface area contributed by atoms with Crippen LogP contribution in [0.25, 0.3) is 0 Å². The van der Waals surface area contributed by atoms with E-state index in [2.05, 4.69) is 42.2 Å². The fourth-order valence-electron chi connectivity index (χ4n) is 4.30. The van der Waals surface area contributed by atoms with Crippen LogP contribution in [0.4, 0.5) is 5.82 Å². The van der Waals surface area contributed by atoms with Crippen molar-refractivity contribution in [2.24, 2.45) is 5.92 Å². The van der Waals surface area contributed by atoms with E-state index < -0.39 is 0 Å². The molecular weight excluding hydrogens is 446 g/mol. The number of carbonyl (C=O) groups is 2. The number of halogens is 1. The largest absolute Gasteiger partial charge is 0.355 e. The quantitative estimate of drug-likeness (QED) is 0.744. The monoisotopic (exact) mass is 471 g/mol. The van der Waals surface area contributed by atoms with Gasteiger partial charge in [-0.15, -0.1) is 0 Å². The van der Waals surface area contributed by atoms with Crippen molar-refractivity contribution in [3.05, 3.63) is 51.4 Å². The molecule has 158 valence electrons. The van der Waals surface area contributed by atoms with E-state index in [1.807, 2.05) is 37.9 Å². The van der Waals surface area contributed by atoms with E-state index in [-0.39, 0.29) is 23.7 Å². The van der Waals surface area contributed by atoms with Gasteiger partial charge in [0.1, 0.15) is 5.82 Å². The Morgan fingerprint density at radius 1 is 1.10 bits per heavy atom. The Balaban J connectivity index is 1.45. The first-order chi connectivity index (χ1) is 14.3. The Morgan fingerprint density at radius 2 is 1.83 bits per heavy atom. The molecule has 0 aliphatic carbocycles. The average Bonchev–Trinajstić information content (AvgIpc) is 3.06. The summed E-state index contributed by atoms with van der Waals surface area (Å²) in [7, 11) is 0. The highest BCUT2D eigenvalue weighted by atomic mass is 79.9. The van der Waals surface area contributed by atoms with Crippen LogP contribution in [0, 0.1) is 19.8 Å². The maximum Gasteiger partial charge on any atom is 0.255 e. The van der Waals surface area contributed by atoms with Gasteiger partial charge in [0.2, 0.25) is 5.91 Å². The second kappa shape index (κ2) is 8.34. The zero-order valence-corrected chi connectivity index (χ0v) is 19.1. The predicted octanol–water partition coefficient (Wildman–Crippen LogP) is 2.67. The third-order valence-electron chi connectivity index (χ3n) is 6.01. The van der Waals surface area contributed by atoms with Gasteiger partial charge in [0.25, 0.3) is 5.91 Å². The third-order valence-corrected chi connectivity index (χ3v) is 6.45. The molecule has 2 aliphatic heterocycles. The fourth-order valence-corrected chi connectivity index (χ4v) is 4.75. The Morgan fingerprint density at radius 3 is 2.43 bits per heavy atom. The number of nitrogens with one attached hydrogen (secondary N) is 1. The first-order valence-corrected chi connectivity index (χ1v) is 11.0. The number of carbonyl (C=O) groups excluding carboxylic acids is 2. The van der Waals surface area contributed by atoms with Crippen LogP contribution in [0.15, 0.2) is 29.0 Å². The number of nitrogens with zero attached hydrogens (tertiary/aromatic N) is 4. The molecular formula is C22H26BrN5O2. The summed E-state index contributed by atoms with van der Waals surface area (Å²) >= 11 is 3.45. The third kappa shape index (κ3) is 3.93. The molecule has 2 aromatic rings. The van der Waals surface area contributed by atoms with Crippen molar-refractivity contribution >= 4 is 33.6 Å². The van der Waals surface area contributed by atoms with Gasteiger partial charge in [-0.05, 0) is 59.0 Å². The first kappa shape index (κ1) is 20.8. The molecule has 0 aromatic carbocycles. The van der Waals surface area contributed by atoms with Crippen LogP contribution >= 0.6 is 15.9 Å². The lowest BCUT2D eigenvalue weighted by Gasteiger charge is -2.36. The Bertz CT molecular complexity index is 987. The minimum Gasteiger partial charge on any atom is -0.355 e. The number of hydrogen-bond donors (Lipinski definition) is 1. The summed E-state index contributed by atoms with van der Waals surface area (Å²) < 4.78 is 0.966. The number of hydrogen-bond acceptors (Lipinski definition) is 5. The molecule has 0 saturated carbocycles. The normalized spacial score (nSPS) is 21.7. The van der Waals surface area contributed by atoms with Gasteiger partial charge >= 0.3 is 0 Å². The van der Waals surface area contributed by atoms with Gasteiger partial charge < -0.3 is 15.1 Å². The standard InChI is InChI=1S/C22H26BrN5O2/c1-13-9-18(19-15(3)10-26-21(19)29)24-12-17(13)22(30)28-6-4-27(5-7-28)20-14(2)8-16(23)11-25-20/h8-9,11-12,15,19H,4-7,10H2,1-3H3,(H,26,29)/t15?,19-/m1/s1. The predicted molar refractivity (Wildman–Crippen MR) is 119 cm³/mol. The topological polar surface area (TPSA) is 78.4 Å². The smallest absolute Gasteiger partial charge is 0.255 e. The van der Waals surface area contributed by atoms with Crippen LogP contribution in [-0.4, -0.2) is 59.4 Å². The SMILES string of the molecule is Cc1cc([C@@H]2C(=O)NCC2C)ncc1C(=O)N1CCN(c2ncc(Br)cc2C)CC1. The molecule has 0 bridgehead atoms. The molecule has 2 fully saturated rings. The number of pyridine rings is 2. The molecule has 7 nitrogen and oxygen atoms in total. The Labute approximate surface area is 185 Å². The zero-order chi connectivity index (χ0) is 21.4. The highest BCUT2D eigenvalue weighted by Gasteiger charge is 2.34. The highest BCUT2D eigenvalue weighted by molar-refractivity contribution is 9.10. The summed E-state index contributed by atoms with van der Waals surface area (Å²) in [5, 5.41) is 2.88. The van der Waals surface area contributed by atoms with E-state index in [0.29, 0.717) is 25.2 Å². The molecule has 0 radical (unpaired) electrons. The van der Waals surface area contributed by atoms with Crippen LogP contribution < -0.4 is 10.2 Å². The summed E-state index contributed by atoms with van der Waals surface area (Å²) in [6.45, 7) is 9.44. The van der Waals surface area contributed by atoms with Crippen LogP contribution in [-0.2, 0) is 4.79 Å². The van der Waals surface area contributed by atoms with E-state index in [9.17, 15) is 9.59 Å². The Hall–Kier alpha value is -2.48. The van der Waals surface area contributed by atoms with E-state index in [0.717, 1.165) is 40.2 Å². The van der Waals surface area contributed by atoms with Crippen molar-refractivity contribution in [1.29, 1.82) is 0 Å². The summed E-state index contributed by atoms with van der Waals surface area (Å²) in [6.07, 6.45) is 3.44. The number of anilines is 1. The summed E-state index contributed by atoms with van der Waals surface area (Å²) in [4.78, 5) is 38.3. The van der Waals surface area contributed by atoms with Gasteiger partial charge in [0, 0.05) is 49.6 Å². The lowest BCUT2D eigenvalue weighted by molar-refractivity contribution is -0.120. The van der Waals surface area contributed by atoms with Gasteiger partial charge in [0.15, 0.2) is 0 Å². The van der Waals surface area contributed by atoms with Crippen LogP contribution in [0.5, 0.6) is 0 Å². The van der Waals surface area contributed by atoms with Gasteiger partial charge in [-0.3, -0.25) is 14.6 Å².